The zero-order valence-corrected chi connectivity index (χ0v) is 12.0. The summed E-state index contributed by atoms with van der Waals surface area (Å²) in [6, 6.07) is 2.14. The van der Waals surface area contributed by atoms with Crippen LogP contribution in [0.1, 0.15) is 37.5 Å². The summed E-state index contributed by atoms with van der Waals surface area (Å²) in [7, 11) is 0. The first-order chi connectivity index (χ1) is 8.24. The summed E-state index contributed by atoms with van der Waals surface area (Å²) in [5.41, 5.74) is 6.53. The molecule has 0 spiro atoms. The van der Waals surface area contributed by atoms with Gasteiger partial charge in [-0.2, -0.15) is 5.26 Å². The largest absolute Gasteiger partial charge is 0.396 e. The zero-order valence-electron chi connectivity index (χ0n) is 10.4. The van der Waals surface area contributed by atoms with Crippen LogP contribution in [0.4, 0.5) is 10.7 Å². The lowest BCUT2D eigenvalue weighted by Crippen LogP contribution is -2.00. The second kappa shape index (κ2) is 7.46. The SMILES string of the molecule is CCCCCCNc1sc(C#N)c(N)c1SC. The molecule has 0 radical (unpaired) electrons. The lowest BCUT2D eigenvalue weighted by Gasteiger charge is -2.05. The summed E-state index contributed by atoms with van der Waals surface area (Å²) in [5.74, 6) is 0. The van der Waals surface area contributed by atoms with Crippen LogP contribution in [0, 0.1) is 11.3 Å². The van der Waals surface area contributed by atoms with Crippen LogP contribution in [0.25, 0.3) is 0 Å². The Morgan fingerprint density at radius 3 is 2.76 bits per heavy atom. The number of hydrogen-bond acceptors (Lipinski definition) is 5. The maximum atomic E-state index is 8.94. The minimum absolute atomic E-state index is 0.616. The smallest absolute Gasteiger partial charge is 0.131 e. The van der Waals surface area contributed by atoms with E-state index in [1.165, 1.54) is 37.0 Å². The van der Waals surface area contributed by atoms with Crippen molar-refractivity contribution in [3.05, 3.63) is 4.88 Å². The number of nitrogens with zero attached hydrogens (tertiary/aromatic N) is 1. The van der Waals surface area contributed by atoms with Crippen molar-refractivity contribution in [2.75, 3.05) is 23.9 Å². The van der Waals surface area contributed by atoms with E-state index in [0.717, 1.165) is 16.4 Å². The first-order valence-corrected chi connectivity index (χ1v) is 7.88. The number of thioether (sulfide) groups is 1. The Bertz CT molecular complexity index is 393. The van der Waals surface area contributed by atoms with Gasteiger partial charge in [0, 0.05) is 6.54 Å². The number of thiophene rings is 1. The Balaban J connectivity index is 2.56. The van der Waals surface area contributed by atoms with Gasteiger partial charge >= 0.3 is 0 Å². The average Bonchev–Trinajstić information content (AvgIpc) is 2.65. The fourth-order valence-electron chi connectivity index (χ4n) is 1.58. The van der Waals surface area contributed by atoms with Gasteiger partial charge in [0.05, 0.1) is 10.6 Å². The first-order valence-electron chi connectivity index (χ1n) is 5.84. The number of unbranched alkanes of at least 4 members (excludes halogenated alkanes) is 3. The zero-order chi connectivity index (χ0) is 12.7. The first kappa shape index (κ1) is 14.2. The van der Waals surface area contributed by atoms with Crippen molar-refractivity contribution in [3.63, 3.8) is 0 Å². The molecule has 17 heavy (non-hydrogen) atoms. The van der Waals surface area contributed by atoms with E-state index in [9.17, 15) is 0 Å². The maximum absolute atomic E-state index is 8.94. The van der Waals surface area contributed by atoms with Gasteiger partial charge in [-0.15, -0.1) is 23.1 Å². The van der Waals surface area contributed by atoms with Crippen molar-refractivity contribution in [1.82, 2.24) is 0 Å². The number of rotatable bonds is 7. The highest BCUT2D eigenvalue weighted by molar-refractivity contribution is 7.99. The highest BCUT2D eigenvalue weighted by Gasteiger charge is 2.14. The summed E-state index contributed by atoms with van der Waals surface area (Å²) in [6.45, 7) is 3.16. The molecule has 0 bridgehead atoms. The molecule has 5 heteroatoms. The summed E-state index contributed by atoms with van der Waals surface area (Å²) >= 11 is 3.05. The molecule has 0 aromatic carbocycles. The molecular formula is C12H19N3S2. The van der Waals surface area contributed by atoms with E-state index in [0.29, 0.717) is 10.6 Å². The molecule has 0 atom stereocenters. The lowest BCUT2D eigenvalue weighted by molar-refractivity contribution is 0.685. The van der Waals surface area contributed by atoms with E-state index >= 15 is 0 Å². The third-order valence-electron chi connectivity index (χ3n) is 2.52. The average molecular weight is 269 g/mol. The summed E-state index contributed by atoms with van der Waals surface area (Å²) in [5, 5.41) is 13.4. The Hall–Kier alpha value is -0.860. The highest BCUT2D eigenvalue weighted by Crippen LogP contribution is 2.41. The van der Waals surface area contributed by atoms with E-state index in [2.05, 4.69) is 18.3 Å². The molecular weight excluding hydrogens is 250 g/mol. The molecule has 0 aliphatic rings. The highest BCUT2D eigenvalue weighted by atomic mass is 32.2. The van der Waals surface area contributed by atoms with Crippen LogP contribution in [0.15, 0.2) is 4.90 Å². The van der Waals surface area contributed by atoms with Crippen molar-refractivity contribution < 1.29 is 0 Å². The summed E-state index contributed by atoms with van der Waals surface area (Å²) in [6.07, 6.45) is 6.95. The third-order valence-corrected chi connectivity index (χ3v) is 4.55. The van der Waals surface area contributed by atoms with Gasteiger partial charge in [-0.25, -0.2) is 0 Å². The Morgan fingerprint density at radius 2 is 2.18 bits per heavy atom. The number of nitriles is 1. The molecule has 0 unspecified atom stereocenters. The van der Waals surface area contributed by atoms with Gasteiger partial charge < -0.3 is 11.1 Å². The number of anilines is 2. The Kier molecular flexibility index (Phi) is 6.23. The molecule has 0 aliphatic carbocycles. The predicted octanol–water partition coefficient (Wildman–Crippen LogP) is 3.92. The lowest BCUT2D eigenvalue weighted by atomic mass is 10.2. The van der Waals surface area contributed by atoms with E-state index in [4.69, 9.17) is 11.0 Å². The normalized spacial score (nSPS) is 10.2. The minimum Gasteiger partial charge on any atom is -0.396 e. The molecule has 1 heterocycles. The van der Waals surface area contributed by atoms with Crippen molar-refractivity contribution >= 4 is 33.8 Å². The van der Waals surface area contributed by atoms with Gasteiger partial charge in [0.1, 0.15) is 15.9 Å². The third kappa shape index (κ3) is 3.83. The van der Waals surface area contributed by atoms with E-state index < -0.39 is 0 Å². The van der Waals surface area contributed by atoms with E-state index in [1.807, 2.05) is 6.26 Å². The van der Waals surface area contributed by atoms with Gasteiger partial charge in [-0.1, -0.05) is 26.2 Å². The molecule has 3 nitrogen and oxygen atoms in total. The van der Waals surface area contributed by atoms with Gasteiger partial charge in [0.15, 0.2) is 0 Å². The molecule has 0 saturated heterocycles. The number of hydrogen-bond donors (Lipinski definition) is 2. The molecule has 3 N–H and O–H groups in total. The Labute approximate surface area is 111 Å². The van der Waals surface area contributed by atoms with Crippen molar-refractivity contribution in [2.24, 2.45) is 0 Å². The molecule has 0 aliphatic heterocycles. The topological polar surface area (TPSA) is 61.8 Å². The molecule has 0 amide bonds. The quantitative estimate of drug-likeness (QED) is 0.582. The van der Waals surface area contributed by atoms with Crippen LogP contribution in [0.5, 0.6) is 0 Å². The number of nitrogens with one attached hydrogen (secondary N) is 1. The predicted molar refractivity (Wildman–Crippen MR) is 77.9 cm³/mol. The fourth-order valence-corrected chi connectivity index (χ4v) is 3.44. The van der Waals surface area contributed by atoms with Crippen LogP contribution < -0.4 is 11.1 Å². The maximum Gasteiger partial charge on any atom is 0.131 e. The van der Waals surface area contributed by atoms with Crippen LogP contribution in [-0.2, 0) is 0 Å². The van der Waals surface area contributed by atoms with Crippen LogP contribution in [0.3, 0.4) is 0 Å². The Morgan fingerprint density at radius 1 is 1.41 bits per heavy atom. The summed E-state index contributed by atoms with van der Waals surface area (Å²) < 4.78 is 0. The summed E-state index contributed by atoms with van der Waals surface area (Å²) in [4.78, 5) is 1.63. The van der Waals surface area contributed by atoms with E-state index in [-0.39, 0.29) is 0 Å². The van der Waals surface area contributed by atoms with Crippen LogP contribution in [0.2, 0.25) is 0 Å². The monoisotopic (exact) mass is 269 g/mol. The van der Waals surface area contributed by atoms with Crippen molar-refractivity contribution in [3.8, 4) is 6.07 Å². The molecule has 1 rings (SSSR count). The second-order valence-electron chi connectivity index (χ2n) is 3.81. The van der Waals surface area contributed by atoms with Gasteiger partial charge in [0.25, 0.3) is 0 Å². The van der Waals surface area contributed by atoms with E-state index in [1.54, 1.807) is 11.8 Å². The minimum atomic E-state index is 0.616. The van der Waals surface area contributed by atoms with Crippen molar-refractivity contribution in [2.45, 2.75) is 37.5 Å². The standard InChI is InChI=1S/C12H19N3S2/c1-3-4-5-6-7-15-12-11(16-2)10(14)9(8-13)17-12/h15H,3-7,14H2,1-2H3. The second-order valence-corrected chi connectivity index (χ2v) is 5.64. The molecule has 94 valence electrons. The molecule has 0 saturated carbocycles. The van der Waals surface area contributed by atoms with Gasteiger partial charge in [0.2, 0.25) is 0 Å². The number of nitrogen functional groups attached to an aromatic ring is 1. The van der Waals surface area contributed by atoms with Gasteiger partial charge in [-0.3, -0.25) is 0 Å². The molecule has 1 aromatic heterocycles. The van der Waals surface area contributed by atoms with Crippen LogP contribution in [-0.4, -0.2) is 12.8 Å². The molecule has 1 aromatic rings. The van der Waals surface area contributed by atoms with Crippen LogP contribution >= 0.6 is 23.1 Å². The molecule has 0 fully saturated rings. The van der Waals surface area contributed by atoms with Gasteiger partial charge in [-0.05, 0) is 12.7 Å². The fraction of sp³-hybridized carbons (Fsp3) is 0.583. The number of nitrogens with two attached hydrogens (primary N) is 1. The van der Waals surface area contributed by atoms with Crippen molar-refractivity contribution in [1.29, 1.82) is 5.26 Å².